The van der Waals surface area contributed by atoms with Crippen LogP contribution in [0.15, 0.2) is 38.4 Å². The van der Waals surface area contributed by atoms with E-state index in [9.17, 15) is 4.79 Å². The molecule has 19 heavy (non-hydrogen) atoms. The molecule has 2 nitrogen and oxygen atoms in total. The molecule has 1 heterocycles. The number of halogens is 1. The van der Waals surface area contributed by atoms with E-state index in [1.807, 2.05) is 32.2 Å². The lowest BCUT2D eigenvalue weighted by Gasteiger charge is -1.99. The van der Waals surface area contributed by atoms with Crippen LogP contribution in [-0.4, -0.2) is 6.26 Å². The van der Waals surface area contributed by atoms with Crippen molar-refractivity contribution in [2.75, 3.05) is 6.26 Å². The van der Waals surface area contributed by atoms with E-state index in [0.29, 0.717) is 16.9 Å². The highest BCUT2D eigenvalue weighted by Crippen LogP contribution is 2.17. The summed E-state index contributed by atoms with van der Waals surface area (Å²) in [7, 11) is 1.72. The van der Waals surface area contributed by atoms with Crippen LogP contribution in [0.5, 0.6) is 0 Å². The largest absolute Gasteiger partial charge is 0.422 e. The smallest absolute Gasteiger partial charge is 0.340 e. The molecule has 0 unspecified atom stereocenters. The van der Waals surface area contributed by atoms with Gasteiger partial charge in [-0.3, -0.25) is 0 Å². The summed E-state index contributed by atoms with van der Waals surface area (Å²) in [5, 5.41) is 0.895. The average Bonchev–Trinajstić information content (AvgIpc) is 2.41. The summed E-state index contributed by atoms with van der Waals surface area (Å²) in [6, 6.07) is 7.24. The van der Waals surface area contributed by atoms with Gasteiger partial charge in [-0.05, 0) is 45.7 Å². The molecule has 6 heteroatoms. The Kier molecular flexibility index (Phi) is 11.1. The average molecular weight is 428 g/mol. The van der Waals surface area contributed by atoms with Gasteiger partial charge in [0.1, 0.15) is 5.58 Å². The molecule has 1 aromatic heterocycles. The van der Waals surface area contributed by atoms with E-state index in [4.69, 9.17) is 4.42 Å². The standard InChI is InChI=1S/C10H8O2S2.C2H6.CH3IS/c11-10-7(5-13)3-6-1-2-8(14)4-9(6)12-10;1-2;1-3-2/h1-4,13-14H,5H2;1-2H3;1H3. The van der Waals surface area contributed by atoms with Gasteiger partial charge in [-0.15, -0.1) is 12.6 Å². The zero-order chi connectivity index (χ0) is 14.8. The van der Waals surface area contributed by atoms with Crippen LogP contribution in [0.2, 0.25) is 0 Å². The summed E-state index contributed by atoms with van der Waals surface area (Å²) in [4.78, 5) is 12.1. The molecule has 0 saturated carbocycles. The van der Waals surface area contributed by atoms with Gasteiger partial charge in [-0.1, -0.05) is 28.8 Å². The van der Waals surface area contributed by atoms with Crippen LogP contribution in [0, 0.1) is 0 Å². The summed E-state index contributed by atoms with van der Waals surface area (Å²) in [5.74, 6) is 0.390. The lowest BCUT2D eigenvalue weighted by Crippen LogP contribution is -2.04. The molecule has 0 saturated heterocycles. The van der Waals surface area contributed by atoms with Crippen molar-refractivity contribution in [1.29, 1.82) is 0 Å². The first kappa shape index (κ1) is 19.2. The Morgan fingerprint density at radius 2 is 1.89 bits per heavy atom. The molecule has 0 amide bonds. The van der Waals surface area contributed by atoms with Crippen molar-refractivity contribution < 1.29 is 4.42 Å². The number of thiol groups is 2. The second-order valence-corrected chi connectivity index (χ2v) is 6.88. The van der Waals surface area contributed by atoms with Gasteiger partial charge in [0, 0.05) is 21.6 Å². The third-order valence-electron chi connectivity index (χ3n) is 1.96. The molecular weight excluding hydrogens is 411 g/mol. The van der Waals surface area contributed by atoms with Crippen LogP contribution >= 0.6 is 55.4 Å². The van der Waals surface area contributed by atoms with Gasteiger partial charge in [0.25, 0.3) is 0 Å². The van der Waals surface area contributed by atoms with E-state index in [0.717, 1.165) is 10.3 Å². The lowest BCUT2D eigenvalue weighted by molar-refractivity contribution is 0.553. The molecule has 2 aromatic rings. The number of hydrogen-bond donors (Lipinski definition) is 2. The first-order chi connectivity index (χ1) is 9.12. The summed E-state index contributed by atoms with van der Waals surface area (Å²) in [5.41, 5.74) is 0.812. The third kappa shape index (κ3) is 6.46. The van der Waals surface area contributed by atoms with Gasteiger partial charge in [-0.25, -0.2) is 4.79 Å². The normalized spacial score (nSPS) is 9.16. The highest BCUT2D eigenvalue weighted by atomic mass is 127. The van der Waals surface area contributed by atoms with Crippen molar-refractivity contribution in [2.24, 2.45) is 0 Å². The number of hydrogen-bond acceptors (Lipinski definition) is 5. The van der Waals surface area contributed by atoms with E-state index in [1.54, 1.807) is 21.1 Å². The first-order valence-electron chi connectivity index (χ1n) is 5.63. The molecule has 0 aliphatic carbocycles. The topological polar surface area (TPSA) is 30.2 Å². The van der Waals surface area contributed by atoms with Gasteiger partial charge in [0.2, 0.25) is 0 Å². The number of fused-ring (bicyclic) bond motifs is 1. The summed E-state index contributed by atoms with van der Waals surface area (Å²) >= 11 is 10.4. The minimum atomic E-state index is -0.327. The highest BCUT2D eigenvalue weighted by Gasteiger charge is 2.03. The SMILES string of the molecule is CC.CSI.O=c1oc2cc(S)ccc2cc1CS. The zero-order valence-electron chi connectivity index (χ0n) is 11.0. The van der Waals surface area contributed by atoms with Crippen LogP contribution in [0.3, 0.4) is 0 Å². The van der Waals surface area contributed by atoms with Crippen molar-refractivity contribution in [3.8, 4) is 0 Å². The molecule has 0 radical (unpaired) electrons. The molecule has 106 valence electrons. The maximum atomic E-state index is 11.3. The van der Waals surface area contributed by atoms with Crippen LogP contribution in [-0.2, 0) is 5.75 Å². The molecule has 0 spiro atoms. The Labute approximate surface area is 141 Å². The predicted molar refractivity (Wildman–Crippen MR) is 101 cm³/mol. The van der Waals surface area contributed by atoms with E-state index in [2.05, 4.69) is 46.5 Å². The second-order valence-electron chi connectivity index (χ2n) is 3.09. The molecule has 1 aromatic carbocycles. The third-order valence-corrected chi connectivity index (χ3v) is 2.58. The summed E-state index contributed by atoms with van der Waals surface area (Å²) in [6.45, 7) is 4.00. The fourth-order valence-electron chi connectivity index (χ4n) is 1.25. The molecule has 2 rings (SSSR count). The first-order valence-corrected chi connectivity index (χ1v) is 10.5. The van der Waals surface area contributed by atoms with Crippen molar-refractivity contribution >= 4 is 66.4 Å². The maximum absolute atomic E-state index is 11.3. The van der Waals surface area contributed by atoms with Crippen LogP contribution in [0.1, 0.15) is 19.4 Å². The van der Waals surface area contributed by atoms with Gasteiger partial charge in [0.15, 0.2) is 0 Å². The fourth-order valence-corrected chi connectivity index (χ4v) is 1.67. The number of benzene rings is 1. The Bertz CT molecular complexity index is 555. The van der Waals surface area contributed by atoms with Crippen molar-refractivity contribution in [3.05, 3.63) is 40.2 Å². The Morgan fingerprint density at radius 1 is 1.32 bits per heavy atom. The molecule has 0 N–H and O–H groups in total. The maximum Gasteiger partial charge on any atom is 0.340 e. The van der Waals surface area contributed by atoms with Crippen LogP contribution in [0.25, 0.3) is 11.0 Å². The van der Waals surface area contributed by atoms with Crippen LogP contribution < -0.4 is 5.63 Å². The minimum Gasteiger partial charge on any atom is -0.422 e. The summed E-state index contributed by atoms with van der Waals surface area (Å²) < 4.78 is 5.11. The molecule has 0 bridgehead atoms. The van der Waals surface area contributed by atoms with Gasteiger partial charge in [-0.2, -0.15) is 12.6 Å². The lowest BCUT2D eigenvalue weighted by atomic mass is 10.2. The Balaban J connectivity index is 0.000000573. The minimum absolute atomic E-state index is 0.327. The van der Waals surface area contributed by atoms with Crippen LogP contribution in [0.4, 0.5) is 0 Å². The molecular formula is C13H17IO2S3. The molecule has 0 aliphatic heterocycles. The predicted octanol–water partition coefficient (Wildman–Crippen LogP) is 5.24. The van der Waals surface area contributed by atoms with E-state index in [-0.39, 0.29) is 5.63 Å². The Morgan fingerprint density at radius 3 is 2.42 bits per heavy atom. The van der Waals surface area contributed by atoms with E-state index < -0.39 is 0 Å². The van der Waals surface area contributed by atoms with E-state index in [1.165, 1.54) is 0 Å². The fraction of sp³-hybridized carbons (Fsp3) is 0.308. The summed E-state index contributed by atoms with van der Waals surface area (Å²) in [6.07, 6.45) is 2.03. The van der Waals surface area contributed by atoms with Crippen molar-refractivity contribution in [3.63, 3.8) is 0 Å². The molecule has 0 atom stereocenters. The van der Waals surface area contributed by atoms with Gasteiger partial charge in [0.05, 0.1) is 0 Å². The Hall–Kier alpha value is 0.210. The van der Waals surface area contributed by atoms with Gasteiger partial charge < -0.3 is 4.42 Å². The van der Waals surface area contributed by atoms with E-state index >= 15 is 0 Å². The molecule has 0 aliphatic rings. The quantitative estimate of drug-likeness (QED) is 0.370. The zero-order valence-corrected chi connectivity index (χ0v) is 15.8. The monoisotopic (exact) mass is 428 g/mol. The van der Waals surface area contributed by atoms with Crippen molar-refractivity contribution in [1.82, 2.24) is 0 Å². The van der Waals surface area contributed by atoms with Gasteiger partial charge >= 0.3 is 5.63 Å². The van der Waals surface area contributed by atoms with Crippen molar-refractivity contribution in [2.45, 2.75) is 24.5 Å². The highest BCUT2D eigenvalue weighted by molar-refractivity contribution is 14.2. The number of rotatable bonds is 1. The second kappa shape index (κ2) is 10.9. The molecule has 0 fully saturated rings.